The second-order valence-electron chi connectivity index (χ2n) is 8.95. The topological polar surface area (TPSA) is 116 Å². The van der Waals surface area contributed by atoms with Gasteiger partial charge in [0.15, 0.2) is 0 Å². The van der Waals surface area contributed by atoms with Gasteiger partial charge >= 0.3 is 6.03 Å². The van der Waals surface area contributed by atoms with Crippen LogP contribution in [0.3, 0.4) is 0 Å². The maximum atomic E-state index is 13.2. The van der Waals surface area contributed by atoms with Crippen molar-refractivity contribution in [3.8, 4) is 0 Å². The Labute approximate surface area is 205 Å². The molecule has 0 spiro atoms. The SMILES string of the molecule is CCN(CC)S(=O)(=O)c1ccc(NC(=O)CN2C(=O)N[C@](C)(c3ccc4c(c3)CCC4)C2=O)cc1. The van der Waals surface area contributed by atoms with Gasteiger partial charge in [0.25, 0.3) is 5.91 Å². The van der Waals surface area contributed by atoms with Gasteiger partial charge in [-0.15, -0.1) is 0 Å². The zero-order chi connectivity index (χ0) is 25.4. The number of carbonyl (C=O) groups excluding carboxylic acids is 3. The number of urea groups is 1. The monoisotopic (exact) mass is 498 g/mol. The van der Waals surface area contributed by atoms with E-state index < -0.39 is 40.0 Å². The van der Waals surface area contributed by atoms with Crippen molar-refractivity contribution in [3.63, 3.8) is 0 Å². The molecule has 1 heterocycles. The number of anilines is 1. The zero-order valence-corrected chi connectivity index (χ0v) is 20.9. The molecule has 1 fully saturated rings. The summed E-state index contributed by atoms with van der Waals surface area (Å²) in [5.74, 6) is -1.05. The van der Waals surface area contributed by atoms with Crippen molar-refractivity contribution in [1.29, 1.82) is 0 Å². The van der Waals surface area contributed by atoms with E-state index in [1.165, 1.54) is 39.7 Å². The molecule has 2 aliphatic rings. The summed E-state index contributed by atoms with van der Waals surface area (Å²) < 4.78 is 26.6. The molecule has 1 saturated heterocycles. The first kappa shape index (κ1) is 24.9. The molecule has 2 aromatic rings. The van der Waals surface area contributed by atoms with E-state index in [9.17, 15) is 22.8 Å². The van der Waals surface area contributed by atoms with Crippen molar-refractivity contribution < 1.29 is 22.8 Å². The molecule has 0 aromatic heterocycles. The first-order chi connectivity index (χ1) is 16.6. The normalized spacial score (nSPS) is 19.7. The number of hydrogen-bond donors (Lipinski definition) is 2. The Hall–Kier alpha value is -3.24. The van der Waals surface area contributed by atoms with Crippen LogP contribution in [0.2, 0.25) is 0 Å². The van der Waals surface area contributed by atoms with Gasteiger partial charge in [0, 0.05) is 18.8 Å². The van der Waals surface area contributed by atoms with Crippen LogP contribution in [-0.2, 0) is 38.0 Å². The van der Waals surface area contributed by atoms with Crippen LogP contribution in [-0.4, -0.2) is 55.1 Å². The lowest BCUT2D eigenvalue weighted by Gasteiger charge is -2.23. The van der Waals surface area contributed by atoms with Gasteiger partial charge < -0.3 is 10.6 Å². The molecular weight excluding hydrogens is 468 g/mol. The molecule has 4 amide bonds. The van der Waals surface area contributed by atoms with E-state index in [4.69, 9.17) is 0 Å². The minimum atomic E-state index is -3.61. The molecule has 0 bridgehead atoms. The van der Waals surface area contributed by atoms with E-state index in [0.29, 0.717) is 24.3 Å². The number of benzene rings is 2. The Morgan fingerprint density at radius 3 is 2.37 bits per heavy atom. The Morgan fingerprint density at radius 1 is 1.06 bits per heavy atom. The molecule has 2 N–H and O–H groups in total. The smallest absolute Gasteiger partial charge is 0.325 e. The highest BCUT2D eigenvalue weighted by molar-refractivity contribution is 7.89. The molecule has 186 valence electrons. The van der Waals surface area contributed by atoms with Gasteiger partial charge in [0.1, 0.15) is 12.1 Å². The number of nitrogens with zero attached hydrogens (tertiary/aromatic N) is 2. The molecule has 1 aliphatic heterocycles. The Balaban J connectivity index is 1.44. The second-order valence-corrected chi connectivity index (χ2v) is 10.9. The van der Waals surface area contributed by atoms with Gasteiger partial charge in [-0.05, 0) is 67.1 Å². The third kappa shape index (κ3) is 4.55. The van der Waals surface area contributed by atoms with E-state index in [-0.39, 0.29) is 4.90 Å². The lowest BCUT2D eigenvalue weighted by molar-refractivity contribution is -0.133. The van der Waals surface area contributed by atoms with Crippen LogP contribution in [0.15, 0.2) is 47.4 Å². The first-order valence-electron chi connectivity index (χ1n) is 11.8. The van der Waals surface area contributed by atoms with Crippen LogP contribution in [0.4, 0.5) is 10.5 Å². The van der Waals surface area contributed by atoms with E-state index in [1.54, 1.807) is 20.8 Å². The Bertz CT molecular complexity index is 1270. The molecule has 0 radical (unpaired) electrons. The summed E-state index contributed by atoms with van der Waals surface area (Å²) in [7, 11) is -3.61. The highest BCUT2D eigenvalue weighted by Gasteiger charge is 2.49. The Morgan fingerprint density at radius 2 is 1.71 bits per heavy atom. The fourth-order valence-corrected chi connectivity index (χ4v) is 6.14. The van der Waals surface area contributed by atoms with Gasteiger partial charge in [-0.1, -0.05) is 32.0 Å². The van der Waals surface area contributed by atoms with E-state index in [2.05, 4.69) is 10.6 Å². The molecule has 0 saturated carbocycles. The second kappa shape index (κ2) is 9.43. The van der Waals surface area contributed by atoms with Gasteiger partial charge in [0.05, 0.1) is 4.90 Å². The maximum Gasteiger partial charge on any atom is 0.325 e. The maximum absolute atomic E-state index is 13.2. The van der Waals surface area contributed by atoms with Crippen LogP contribution < -0.4 is 10.6 Å². The number of fused-ring (bicyclic) bond motifs is 1. The fourth-order valence-electron chi connectivity index (χ4n) is 4.69. The van der Waals surface area contributed by atoms with Gasteiger partial charge in [0.2, 0.25) is 15.9 Å². The summed E-state index contributed by atoms with van der Waals surface area (Å²) >= 11 is 0. The molecule has 1 aliphatic carbocycles. The number of carbonyl (C=O) groups is 3. The first-order valence-corrected chi connectivity index (χ1v) is 13.2. The number of rotatable bonds is 8. The number of nitrogens with one attached hydrogen (secondary N) is 2. The van der Waals surface area contributed by atoms with Crippen molar-refractivity contribution >= 4 is 33.6 Å². The van der Waals surface area contributed by atoms with E-state index in [1.807, 2.05) is 18.2 Å². The summed E-state index contributed by atoms with van der Waals surface area (Å²) in [6, 6.07) is 11.0. The number of aryl methyl sites for hydroxylation is 2. The average molecular weight is 499 g/mol. The number of imide groups is 1. The standard InChI is InChI=1S/C25H30N4O5S/c1-4-28(5-2)35(33,34)21-13-11-20(12-14-21)26-22(30)16-29-23(31)25(3,27-24(29)32)19-10-9-17-7-6-8-18(17)15-19/h9-15H,4-8,16H2,1-3H3,(H,26,30)(H,27,32)/t25-/m1/s1. The summed E-state index contributed by atoms with van der Waals surface area (Å²) in [4.78, 5) is 39.5. The highest BCUT2D eigenvalue weighted by atomic mass is 32.2. The van der Waals surface area contributed by atoms with Crippen LogP contribution in [0.1, 0.15) is 43.9 Å². The van der Waals surface area contributed by atoms with Crippen molar-refractivity contribution in [2.75, 3.05) is 25.0 Å². The quantitative estimate of drug-likeness (QED) is 0.543. The third-order valence-electron chi connectivity index (χ3n) is 6.73. The van der Waals surface area contributed by atoms with Crippen LogP contribution >= 0.6 is 0 Å². The number of hydrogen-bond acceptors (Lipinski definition) is 5. The van der Waals surface area contributed by atoms with Crippen molar-refractivity contribution in [3.05, 3.63) is 59.2 Å². The predicted molar refractivity (Wildman–Crippen MR) is 131 cm³/mol. The fraction of sp³-hybridized carbons (Fsp3) is 0.400. The lowest BCUT2D eigenvalue weighted by Crippen LogP contribution is -2.42. The van der Waals surface area contributed by atoms with Crippen LogP contribution in [0.5, 0.6) is 0 Å². The Kier molecular flexibility index (Phi) is 6.70. The van der Waals surface area contributed by atoms with Crippen molar-refractivity contribution in [1.82, 2.24) is 14.5 Å². The summed E-state index contributed by atoms with van der Waals surface area (Å²) in [6.45, 7) is 5.43. The minimum absolute atomic E-state index is 0.124. The molecule has 0 unspecified atom stereocenters. The lowest BCUT2D eigenvalue weighted by atomic mass is 9.89. The molecular formula is C25H30N4O5S. The summed E-state index contributed by atoms with van der Waals surface area (Å²) in [5.41, 5.74) is 2.27. The number of amides is 4. The van der Waals surface area contributed by atoms with Crippen molar-refractivity contribution in [2.45, 2.75) is 50.5 Å². The molecule has 4 rings (SSSR count). The van der Waals surface area contributed by atoms with Crippen molar-refractivity contribution in [2.24, 2.45) is 0 Å². The van der Waals surface area contributed by atoms with E-state index >= 15 is 0 Å². The number of sulfonamides is 1. The van der Waals surface area contributed by atoms with Gasteiger partial charge in [-0.25, -0.2) is 13.2 Å². The highest BCUT2D eigenvalue weighted by Crippen LogP contribution is 2.32. The van der Waals surface area contributed by atoms with Crippen LogP contribution in [0, 0.1) is 0 Å². The zero-order valence-electron chi connectivity index (χ0n) is 20.1. The van der Waals surface area contributed by atoms with Gasteiger partial charge in [-0.3, -0.25) is 14.5 Å². The molecule has 1 atom stereocenters. The van der Waals surface area contributed by atoms with Gasteiger partial charge in [-0.2, -0.15) is 4.31 Å². The molecule has 9 nitrogen and oxygen atoms in total. The van der Waals surface area contributed by atoms with E-state index in [0.717, 1.165) is 24.2 Å². The van der Waals surface area contributed by atoms with Crippen LogP contribution in [0.25, 0.3) is 0 Å². The average Bonchev–Trinajstić information content (AvgIpc) is 3.38. The molecule has 35 heavy (non-hydrogen) atoms. The summed E-state index contributed by atoms with van der Waals surface area (Å²) in [6.07, 6.45) is 3.04. The summed E-state index contributed by atoms with van der Waals surface area (Å²) in [5, 5.41) is 5.36. The molecule has 10 heteroatoms. The molecule has 2 aromatic carbocycles. The third-order valence-corrected chi connectivity index (χ3v) is 8.80. The largest absolute Gasteiger partial charge is 0.325 e. The minimum Gasteiger partial charge on any atom is -0.325 e. The predicted octanol–water partition coefficient (Wildman–Crippen LogP) is 2.61.